The van der Waals surface area contributed by atoms with Gasteiger partial charge in [0.15, 0.2) is 0 Å². The molecule has 2 unspecified atom stereocenters. The third-order valence-electron chi connectivity index (χ3n) is 4.02. The first-order valence-corrected chi connectivity index (χ1v) is 7.27. The van der Waals surface area contributed by atoms with Crippen molar-refractivity contribution in [2.75, 3.05) is 6.54 Å². The average molecular weight is 245 g/mol. The molecule has 2 rings (SSSR count). The lowest BCUT2D eigenvalue weighted by Gasteiger charge is -2.27. The first-order valence-electron chi connectivity index (χ1n) is 7.27. The second-order valence-electron chi connectivity index (χ2n) is 6.84. The highest BCUT2D eigenvalue weighted by molar-refractivity contribution is 5.26. The van der Waals surface area contributed by atoms with Gasteiger partial charge in [0.1, 0.15) is 0 Å². The van der Waals surface area contributed by atoms with Gasteiger partial charge in [0.05, 0.1) is 0 Å². The van der Waals surface area contributed by atoms with Crippen LogP contribution in [0.5, 0.6) is 0 Å². The summed E-state index contributed by atoms with van der Waals surface area (Å²) in [5.74, 6) is 1.57. The van der Waals surface area contributed by atoms with Crippen LogP contribution in [-0.2, 0) is 0 Å². The van der Waals surface area contributed by atoms with Crippen molar-refractivity contribution in [3.8, 4) is 0 Å². The third-order valence-corrected chi connectivity index (χ3v) is 4.02. The highest BCUT2D eigenvalue weighted by Gasteiger charge is 2.29. The van der Waals surface area contributed by atoms with Gasteiger partial charge < -0.3 is 5.32 Å². The van der Waals surface area contributed by atoms with E-state index in [1.165, 1.54) is 24.8 Å². The summed E-state index contributed by atoms with van der Waals surface area (Å²) in [6.07, 6.45) is 4.12. The van der Waals surface area contributed by atoms with Crippen LogP contribution in [0.25, 0.3) is 0 Å². The van der Waals surface area contributed by atoms with Crippen LogP contribution in [-0.4, -0.2) is 12.1 Å². The molecule has 1 aliphatic carbocycles. The standard InChI is InChI=1S/C17H27N/c1-13-7-5-8-14(11-13)16-10-6-9-15(16)12-18-17(2,3)4/h5,7-8,11,15-16,18H,6,9-10,12H2,1-4H3. The number of hydrogen-bond donors (Lipinski definition) is 1. The smallest absolute Gasteiger partial charge is 0.00966 e. The first kappa shape index (κ1) is 13.6. The fourth-order valence-corrected chi connectivity index (χ4v) is 3.06. The first-order chi connectivity index (χ1) is 8.46. The van der Waals surface area contributed by atoms with Crippen molar-refractivity contribution in [1.82, 2.24) is 5.32 Å². The van der Waals surface area contributed by atoms with Crippen LogP contribution in [0.3, 0.4) is 0 Å². The van der Waals surface area contributed by atoms with Crippen molar-refractivity contribution in [3.63, 3.8) is 0 Å². The Bertz CT molecular complexity index is 389. The van der Waals surface area contributed by atoms with Gasteiger partial charge >= 0.3 is 0 Å². The Morgan fingerprint density at radius 3 is 2.67 bits per heavy atom. The van der Waals surface area contributed by atoms with Crippen LogP contribution in [0.2, 0.25) is 0 Å². The fraction of sp³-hybridized carbons (Fsp3) is 0.647. The molecule has 18 heavy (non-hydrogen) atoms. The average Bonchev–Trinajstić information content (AvgIpc) is 2.73. The van der Waals surface area contributed by atoms with E-state index in [1.807, 2.05) is 0 Å². The molecule has 1 aromatic rings. The van der Waals surface area contributed by atoms with E-state index in [9.17, 15) is 0 Å². The Balaban J connectivity index is 2.03. The summed E-state index contributed by atoms with van der Waals surface area (Å²) in [6.45, 7) is 10.1. The van der Waals surface area contributed by atoms with E-state index in [2.05, 4.69) is 57.3 Å². The van der Waals surface area contributed by atoms with Crippen LogP contribution in [0.15, 0.2) is 24.3 Å². The van der Waals surface area contributed by atoms with E-state index in [0.717, 1.165) is 18.4 Å². The van der Waals surface area contributed by atoms with Crippen molar-refractivity contribution in [3.05, 3.63) is 35.4 Å². The van der Waals surface area contributed by atoms with Crippen molar-refractivity contribution < 1.29 is 0 Å². The molecule has 1 aromatic carbocycles. The van der Waals surface area contributed by atoms with Crippen LogP contribution in [0, 0.1) is 12.8 Å². The molecule has 1 saturated carbocycles. The summed E-state index contributed by atoms with van der Waals surface area (Å²) >= 11 is 0. The van der Waals surface area contributed by atoms with Gasteiger partial charge in [-0.2, -0.15) is 0 Å². The molecule has 1 N–H and O–H groups in total. The lowest BCUT2D eigenvalue weighted by atomic mass is 9.87. The summed E-state index contributed by atoms with van der Waals surface area (Å²) in [5, 5.41) is 3.68. The Kier molecular flexibility index (Phi) is 4.11. The van der Waals surface area contributed by atoms with Gasteiger partial charge in [0.2, 0.25) is 0 Å². The van der Waals surface area contributed by atoms with E-state index < -0.39 is 0 Å². The van der Waals surface area contributed by atoms with Crippen molar-refractivity contribution >= 4 is 0 Å². The molecule has 0 amide bonds. The van der Waals surface area contributed by atoms with E-state index in [4.69, 9.17) is 0 Å². The minimum atomic E-state index is 0.236. The number of rotatable bonds is 3. The van der Waals surface area contributed by atoms with E-state index in [1.54, 1.807) is 5.56 Å². The number of benzene rings is 1. The maximum Gasteiger partial charge on any atom is 0.00966 e. The molecule has 1 heteroatoms. The van der Waals surface area contributed by atoms with Gasteiger partial charge in [0.25, 0.3) is 0 Å². The lowest BCUT2D eigenvalue weighted by molar-refractivity contribution is 0.356. The molecule has 1 fully saturated rings. The van der Waals surface area contributed by atoms with Gasteiger partial charge in [-0.25, -0.2) is 0 Å². The minimum Gasteiger partial charge on any atom is -0.312 e. The molecule has 1 aliphatic rings. The van der Waals surface area contributed by atoms with Crippen LogP contribution in [0.4, 0.5) is 0 Å². The highest BCUT2D eigenvalue weighted by atomic mass is 14.9. The largest absolute Gasteiger partial charge is 0.312 e. The molecular weight excluding hydrogens is 218 g/mol. The number of hydrogen-bond acceptors (Lipinski definition) is 1. The molecule has 0 aliphatic heterocycles. The molecule has 0 heterocycles. The quantitative estimate of drug-likeness (QED) is 0.838. The van der Waals surface area contributed by atoms with Crippen LogP contribution in [0.1, 0.15) is 57.1 Å². The Hall–Kier alpha value is -0.820. The summed E-state index contributed by atoms with van der Waals surface area (Å²) in [4.78, 5) is 0. The zero-order chi connectivity index (χ0) is 13.2. The van der Waals surface area contributed by atoms with Gasteiger partial charge in [-0.15, -0.1) is 0 Å². The van der Waals surface area contributed by atoms with E-state index >= 15 is 0 Å². The van der Waals surface area contributed by atoms with Gasteiger partial charge in [-0.05, 0) is 64.5 Å². The summed E-state index contributed by atoms with van der Waals surface area (Å²) in [6, 6.07) is 9.09. The predicted molar refractivity (Wildman–Crippen MR) is 79.0 cm³/mol. The summed E-state index contributed by atoms with van der Waals surface area (Å²) < 4.78 is 0. The molecule has 2 atom stereocenters. The topological polar surface area (TPSA) is 12.0 Å². The molecule has 1 nitrogen and oxygen atoms in total. The molecule has 0 bridgehead atoms. The van der Waals surface area contributed by atoms with Crippen LogP contribution < -0.4 is 5.32 Å². The minimum absolute atomic E-state index is 0.236. The molecule has 0 spiro atoms. The zero-order valence-corrected chi connectivity index (χ0v) is 12.3. The highest BCUT2D eigenvalue weighted by Crippen LogP contribution is 2.39. The monoisotopic (exact) mass is 245 g/mol. The molecular formula is C17H27N. The van der Waals surface area contributed by atoms with Crippen molar-refractivity contribution in [1.29, 1.82) is 0 Å². The maximum atomic E-state index is 3.68. The van der Waals surface area contributed by atoms with Crippen LogP contribution >= 0.6 is 0 Å². The Labute approximate surface area is 112 Å². The number of aryl methyl sites for hydroxylation is 1. The van der Waals surface area contributed by atoms with E-state index in [-0.39, 0.29) is 5.54 Å². The SMILES string of the molecule is Cc1cccc(C2CCCC2CNC(C)(C)C)c1. The van der Waals surface area contributed by atoms with Gasteiger partial charge in [0, 0.05) is 5.54 Å². The van der Waals surface area contributed by atoms with Crippen molar-refractivity contribution in [2.24, 2.45) is 5.92 Å². The predicted octanol–water partition coefficient (Wildman–Crippen LogP) is 4.27. The molecule has 0 radical (unpaired) electrons. The van der Waals surface area contributed by atoms with Gasteiger partial charge in [-0.3, -0.25) is 0 Å². The molecule has 0 saturated heterocycles. The van der Waals surface area contributed by atoms with E-state index in [0.29, 0.717) is 0 Å². The zero-order valence-electron chi connectivity index (χ0n) is 12.3. The Morgan fingerprint density at radius 2 is 2.00 bits per heavy atom. The third kappa shape index (κ3) is 3.58. The normalized spacial score (nSPS) is 24.4. The summed E-state index contributed by atoms with van der Waals surface area (Å²) in [7, 11) is 0. The second kappa shape index (κ2) is 5.44. The van der Waals surface area contributed by atoms with Gasteiger partial charge in [-0.1, -0.05) is 36.2 Å². The second-order valence-corrected chi connectivity index (χ2v) is 6.84. The summed E-state index contributed by atoms with van der Waals surface area (Å²) in [5.41, 5.74) is 3.18. The lowest BCUT2D eigenvalue weighted by Crippen LogP contribution is -2.39. The maximum absolute atomic E-state index is 3.68. The number of nitrogens with one attached hydrogen (secondary N) is 1. The van der Waals surface area contributed by atoms with Crippen molar-refractivity contribution in [2.45, 2.75) is 58.4 Å². The fourth-order valence-electron chi connectivity index (χ4n) is 3.06. The molecule has 100 valence electrons. The molecule has 0 aromatic heterocycles. The Morgan fingerprint density at radius 1 is 1.22 bits per heavy atom.